The summed E-state index contributed by atoms with van der Waals surface area (Å²) in [7, 11) is -3.72. The predicted molar refractivity (Wildman–Crippen MR) is 94.4 cm³/mol. The fraction of sp³-hybridized carbons (Fsp3) is 0.0667. The number of carbonyl (C=O) groups is 1. The van der Waals surface area contributed by atoms with E-state index in [1.54, 1.807) is 36.4 Å². The van der Waals surface area contributed by atoms with Gasteiger partial charge < -0.3 is 0 Å². The summed E-state index contributed by atoms with van der Waals surface area (Å²) in [5, 5.41) is 10.3. The number of pyridine rings is 1. The first-order valence-corrected chi connectivity index (χ1v) is 9.82. The van der Waals surface area contributed by atoms with Crippen LogP contribution in [0.2, 0.25) is 5.02 Å². The molecule has 1 N–H and O–H groups in total. The second-order valence-electron chi connectivity index (χ2n) is 4.89. The van der Waals surface area contributed by atoms with Crippen molar-refractivity contribution in [2.75, 3.05) is 5.32 Å². The molecule has 128 valence electrons. The van der Waals surface area contributed by atoms with E-state index in [-0.39, 0.29) is 20.9 Å². The molecule has 0 aliphatic rings. The largest absolute Gasteiger partial charge is 0.295 e. The second kappa shape index (κ2) is 7.26. The highest BCUT2D eigenvalue weighted by Crippen LogP contribution is 2.26. The van der Waals surface area contributed by atoms with Crippen molar-refractivity contribution in [1.29, 1.82) is 0 Å². The Kier molecular flexibility index (Phi) is 5.07. The number of rotatable bonds is 5. The molecular weight excluding hydrogens is 384 g/mol. The highest BCUT2D eigenvalue weighted by Gasteiger charge is 2.23. The fourth-order valence-electron chi connectivity index (χ4n) is 1.93. The first kappa shape index (κ1) is 17.5. The SMILES string of the molecule is O=C(Nc1nnc(S(=O)(=O)Cc2ccccc2Cl)s1)c1ccccn1. The lowest BCUT2D eigenvalue weighted by Gasteiger charge is -2.02. The Balaban J connectivity index is 1.76. The van der Waals surface area contributed by atoms with Gasteiger partial charge in [-0.25, -0.2) is 8.42 Å². The number of hydrogen-bond acceptors (Lipinski definition) is 7. The normalized spacial score (nSPS) is 11.2. The molecule has 0 saturated carbocycles. The number of nitrogens with zero attached hydrogens (tertiary/aromatic N) is 3. The van der Waals surface area contributed by atoms with Gasteiger partial charge >= 0.3 is 0 Å². The summed E-state index contributed by atoms with van der Waals surface area (Å²) in [5.74, 6) is -0.790. The van der Waals surface area contributed by atoms with Gasteiger partial charge in [0.2, 0.25) is 19.3 Å². The summed E-state index contributed by atoms with van der Waals surface area (Å²) < 4.78 is 24.7. The third-order valence-electron chi connectivity index (χ3n) is 3.09. The number of carbonyl (C=O) groups excluding carboxylic acids is 1. The van der Waals surface area contributed by atoms with Crippen LogP contribution in [-0.4, -0.2) is 29.5 Å². The molecule has 0 atom stereocenters. The molecule has 0 fully saturated rings. The molecule has 25 heavy (non-hydrogen) atoms. The van der Waals surface area contributed by atoms with E-state index in [9.17, 15) is 13.2 Å². The molecule has 2 heterocycles. The van der Waals surface area contributed by atoms with Crippen molar-refractivity contribution >= 4 is 43.8 Å². The Labute approximate surface area is 152 Å². The van der Waals surface area contributed by atoms with Gasteiger partial charge in [-0.15, -0.1) is 10.2 Å². The zero-order valence-corrected chi connectivity index (χ0v) is 15.0. The van der Waals surface area contributed by atoms with Crippen LogP contribution in [0.15, 0.2) is 53.0 Å². The number of sulfone groups is 1. The van der Waals surface area contributed by atoms with Gasteiger partial charge in [0.05, 0.1) is 5.75 Å². The molecule has 2 aromatic heterocycles. The van der Waals surface area contributed by atoms with E-state index in [1.807, 2.05) is 0 Å². The summed E-state index contributed by atoms with van der Waals surface area (Å²) >= 11 is 6.77. The number of benzene rings is 1. The van der Waals surface area contributed by atoms with Gasteiger partial charge in [-0.05, 0) is 23.8 Å². The molecule has 3 rings (SSSR count). The highest BCUT2D eigenvalue weighted by molar-refractivity contribution is 7.92. The third-order valence-corrected chi connectivity index (χ3v) is 6.41. The molecule has 7 nitrogen and oxygen atoms in total. The van der Waals surface area contributed by atoms with Crippen LogP contribution >= 0.6 is 22.9 Å². The van der Waals surface area contributed by atoms with Crippen LogP contribution in [0.1, 0.15) is 16.1 Å². The van der Waals surface area contributed by atoms with Crippen LogP contribution in [-0.2, 0) is 15.6 Å². The van der Waals surface area contributed by atoms with Gasteiger partial charge in [-0.2, -0.15) is 0 Å². The molecule has 0 unspecified atom stereocenters. The molecule has 0 aliphatic heterocycles. The molecule has 1 aromatic carbocycles. The summed E-state index contributed by atoms with van der Waals surface area (Å²) in [5.41, 5.74) is 0.664. The topological polar surface area (TPSA) is 102 Å². The maximum atomic E-state index is 12.4. The van der Waals surface area contributed by atoms with Crippen molar-refractivity contribution in [2.45, 2.75) is 10.1 Å². The van der Waals surface area contributed by atoms with E-state index >= 15 is 0 Å². The van der Waals surface area contributed by atoms with E-state index in [0.717, 1.165) is 11.3 Å². The highest BCUT2D eigenvalue weighted by atomic mass is 35.5. The Hall–Kier alpha value is -2.36. The van der Waals surface area contributed by atoms with Gasteiger partial charge in [0.25, 0.3) is 5.91 Å². The Morgan fingerprint density at radius 3 is 2.60 bits per heavy atom. The monoisotopic (exact) mass is 394 g/mol. The molecule has 1 amide bonds. The minimum Gasteiger partial charge on any atom is -0.295 e. The van der Waals surface area contributed by atoms with Crippen LogP contribution in [0.3, 0.4) is 0 Å². The number of amides is 1. The standard InChI is InChI=1S/C15H11ClN4O3S2/c16-11-6-2-1-5-10(11)9-25(22,23)15-20-19-14(24-15)18-13(21)12-7-3-4-8-17-12/h1-8H,9H2,(H,18,19,21). The van der Waals surface area contributed by atoms with E-state index < -0.39 is 15.7 Å². The van der Waals surface area contributed by atoms with Crippen molar-refractivity contribution in [3.8, 4) is 0 Å². The molecule has 3 aromatic rings. The maximum absolute atomic E-state index is 12.4. The predicted octanol–water partition coefficient (Wildman–Crippen LogP) is 2.81. The third kappa shape index (κ3) is 4.19. The number of aromatic nitrogens is 3. The Bertz CT molecular complexity index is 1010. The molecule has 10 heteroatoms. The van der Waals surface area contributed by atoms with E-state index in [2.05, 4.69) is 20.5 Å². The minimum absolute atomic E-state index is 0.0772. The average Bonchev–Trinajstić information content (AvgIpc) is 3.07. The number of halogens is 1. The van der Waals surface area contributed by atoms with Crippen LogP contribution in [0.25, 0.3) is 0 Å². The maximum Gasteiger partial charge on any atom is 0.276 e. The summed E-state index contributed by atoms with van der Waals surface area (Å²) in [6.07, 6.45) is 1.48. The van der Waals surface area contributed by atoms with Gasteiger partial charge in [-0.3, -0.25) is 15.1 Å². The zero-order chi connectivity index (χ0) is 17.9. The molecule has 0 aliphatic carbocycles. The van der Waals surface area contributed by atoms with Crippen molar-refractivity contribution in [3.05, 3.63) is 64.9 Å². The van der Waals surface area contributed by atoms with Crippen LogP contribution in [0.4, 0.5) is 5.13 Å². The van der Waals surface area contributed by atoms with E-state index in [0.29, 0.717) is 10.6 Å². The lowest BCUT2D eigenvalue weighted by atomic mass is 10.2. The van der Waals surface area contributed by atoms with E-state index in [1.165, 1.54) is 12.3 Å². The first-order chi connectivity index (χ1) is 12.0. The molecule has 0 bridgehead atoms. The van der Waals surface area contributed by atoms with Crippen molar-refractivity contribution in [2.24, 2.45) is 0 Å². The smallest absolute Gasteiger partial charge is 0.276 e. The van der Waals surface area contributed by atoms with Crippen LogP contribution in [0, 0.1) is 0 Å². The lowest BCUT2D eigenvalue weighted by Crippen LogP contribution is -2.13. The molecule has 0 saturated heterocycles. The number of nitrogens with one attached hydrogen (secondary N) is 1. The first-order valence-electron chi connectivity index (χ1n) is 6.98. The van der Waals surface area contributed by atoms with Gasteiger partial charge in [0.15, 0.2) is 0 Å². The lowest BCUT2D eigenvalue weighted by molar-refractivity contribution is 0.102. The average molecular weight is 395 g/mol. The number of hydrogen-bond donors (Lipinski definition) is 1. The fourth-order valence-corrected chi connectivity index (χ4v) is 4.55. The molecular formula is C15H11ClN4O3S2. The van der Waals surface area contributed by atoms with Crippen molar-refractivity contribution in [3.63, 3.8) is 0 Å². The van der Waals surface area contributed by atoms with Gasteiger partial charge in [0.1, 0.15) is 5.69 Å². The Morgan fingerprint density at radius 1 is 1.12 bits per heavy atom. The van der Waals surface area contributed by atoms with Crippen molar-refractivity contribution < 1.29 is 13.2 Å². The Morgan fingerprint density at radius 2 is 1.88 bits per heavy atom. The molecule has 0 radical (unpaired) electrons. The second-order valence-corrected chi connectivity index (χ2v) is 8.44. The van der Waals surface area contributed by atoms with Crippen LogP contribution < -0.4 is 5.32 Å². The number of anilines is 1. The zero-order valence-electron chi connectivity index (χ0n) is 12.6. The molecule has 0 spiro atoms. The van der Waals surface area contributed by atoms with Crippen LogP contribution in [0.5, 0.6) is 0 Å². The summed E-state index contributed by atoms with van der Waals surface area (Å²) in [6.45, 7) is 0. The van der Waals surface area contributed by atoms with E-state index in [4.69, 9.17) is 11.6 Å². The minimum atomic E-state index is -3.72. The summed E-state index contributed by atoms with van der Waals surface area (Å²) in [6, 6.07) is 11.5. The summed E-state index contributed by atoms with van der Waals surface area (Å²) in [4.78, 5) is 15.9. The van der Waals surface area contributed by atoms with Gasteiger partial charge in [-0.1, -0.05) is 47.2 Å². The van der Waals surface area contributed by atoms with Gasteiger partial charge in [0, 0.05) is 11.2 Å². The quantitative estimate of drug-likeness (QED) is 0.667. The van der Waals surface area contributed by atoms with Crippen molar-refractivity contribution in [1.82, 2.24) is 15.2 Å².